The van der Waals surface area contributed by atoms with E-state index in [1.807, 2.05) is 18.7 Å². The summed E-state index contributed by atoms with van der Waals surface area (Å²) >= 11 is 0. The lowest BCUT2D eigenvalue weighted by Crippen LogP contribution is -2.37. The molecular weight excluding hydrogens is 511 g/mol. The summed E-state index contributed by atoms with van der Waals surface area (Å²) in [5.74, 6) is -0.426. The Bertz CT molecular complexity index is 1220. The molecule has 39 heavy (non-hydrogen) atoms. The van der Waals surface area contributed by atoms with Crippen LogP contribution in [-0.4, -0.2) is 50.3 Å². The maximum Gasteiger partial charge on any atom is 0.416 e. The number of alkyl halides is 3. The largest absolute Gasteiger partial charge is 0.478 e. The molecule has 0 aromatic heterocycles. The van der Waals surface area contributed by atoms with Gasteiger partial charge in [0.1, 0.15) is 0 Å². The summed E-state index contributed by atoms with van der Waals surface area (Å²) in [6.07, 6.45) is -2.87. The Balaban J connectivity index is 1.89. The number of aryl methyl sites for hydroxylation is 1. The van der Waals surface area contributed by atoms with Crippen molar-refractivity contribution in [3.8, 4) is 0 Å². The van der Waals surface area contributed by atoms with Crippen LogP contribution in [0, 0.1) is 6.92 Å². The molecule has 8 nitrogen and oxygen atoms in total. The summed E-state index contributed by atoms with van der Waals surface area (Å²) in [5.41, 5.74) is 14.7. The second-order valence-corrected chi connectivity index (χ2v) is 9.02. The van der Waals surface area contributed by atoms with Crippen molar-refractivity contribution < 1.29 is 27.4 Å². The van der Waals surface area contributed by atoms with Crippen molar-refractivity contribution in [3.63, 3.8) is 0 Å². The van der Waals surface area contributed by atoms with E-state index in [2.05, 4.69) is 10.6 Å². The topological polar surface area (TPSA) is 115 Å². The molecule has 1 fully saturated rings. The van der Waals surface area contributed by atoms with Crippen molar-refractivity contribution in [1.29, 1.82) is 0 Å². The zero-order chi connectivity index (χ0) is 28.6. The Morgan fingerprint density at radius 1 is 1.13 bits per heavy atom. The molecule has 2 aromatic rings. The van der Waals surface area contributed by atoms with Gasteiger partial charge in [0.05, 0.1) is 31.1 Å². The average Bonchev–Trinajstić information content (AvgIpc) is 2.91. The number of morpholine rings is 1. The first-order chi connectivity index (χ1) is 18.5. The predicted octanol–water partition coefficient (Wildman–Crippen LogP) is 4.17. The fraction of sp³-hybridized carbons (Fsp3) is 0.393. The highest BCUT2D eigenvalue weighted by Gasteiger charge is 2.34. The third kappa shape index (κ3) is 7.90. The fourth-order valence-corrected chi connectivity index (χ4v) is 4.19. The van der Waals surface area contributed by atoms with Crippen molar-refractivity contribution in [2.75, 3.05) is 44.8 Å². The predicted molar refractivity (Wildman–Crippen MR) is 145 cm³/mol. The van der Waals surface area contributed by atoms with E-state index >= 15 is 0 Å². The van der Waals surface area contributed by atoms with Crippen LogP contribution in [0.2, 0.25) is 0 Å². The molecule has 3 rings (SSSR count). The quantitative estimate of drug-likeness (QED) is 0.261. The van der Waals surface area contributed by atoms with Crippen LogP contribution in [0.1, 0.15) is 46.5 Å². The van der Waals surface area contributed by atoms with Gasteiger partial charge in [-0.1, -0.05) is 19.1 Å². The summed E-state index contributed by atoms with van der Waals surface area (Å²) in [7, 11) is 0. The maximum atomic E-state index is 13.7. The fourth-order valence-electron chi connectivity index (χ4n) is 4.19. The third-order valence-electron chi connectivity index (χ3n) is 6.25. The van der Waals surface area contributed by atoms with Crippen LogP contribution in [0.25, 0.3) is 5.70 Å². The lowest BCUT2D eigenvalue weighted by molar-refractivity contribution is -0.138. The molecule has 11 heteroatoms. The number of halogens is 3. The van der Waals surface area contributed by atoms with Gasteiger partial charge in [0.2, 0.25) is 5.88 Å². The summed E-state index contributed by atoms with van der Waals surface area (Å²) < 4.78 is 52.0. The van der Waals surface area contributed by atoms with Crippen molar-refractivity contribution in [1.82, 2.24) is 10.2 Å². The van der Waals surface area contributed by atoms with Gasteiger partial charge in [-0.05, 0) is 61.9 Å². The monoisotopic (exact) mass is 547 g/mol. The number of rotatable bonds is 10. The van der Waals surface area contributed by atoms with Crippen LogP contribution >= 0.6 is 0 Å². The van der Waals surface area contributed by atoms with Gasteiger partial charge >= 0.3 is 6.18 Å². The number of nitrogens with one attached hydrogen (secondary N) is 2. The number of ether oxygens (including phenoxy) is 2. The highest BCUT2D eigenvalue weighted by Crippen LogP contribution is 2.33. The van der Waals surface area contributed by atoms with Gasteiger partial charge in [-0.25, -0.2) is 0 Å². The van der Waals surface area contributed by atoms with Gasteiger partial charge in [0.25, 0.3) is 5.91 Å². The first-order valence-electron chi connectivity index (χ1n) is 12.8. The van der Waals surface area contributed by atoms with Crippen LogP contribution in [-0.2, 0) is 22.2 Å². The number of nitrogens with zero attached hydrogens (tertiary/aromatic N) is 1. The first-order valence-corrected chi connectivity index (χ1v) is 12.8. The van der Waals surface area contributed by atoms with Crippen LogP contribution in [0.15, 0.2) is 54.1 Å². The number of hydrogen-bond acceptors (Lipinski definition) is 7. The first kappa shape index (κ1) is 29.9. The molecular formula is C28H36F3N5O3. The molecule has 0 bridgehead atoms. The molecule has 6 N–H and O–H groups in total. The molecule has 0 unspecified atom stereocenters. The SMILES string of the molecule is CCNCc1ccc(C(=O)Nc2ccc(C)c(/C(N)=C/C(=C(\N)OCC)N3CCOCC3)c2)cc1C(F)(F)F. The summed E-state index contributed by atoms with van der Waals surface area (Å²) in [6.45, 7) is 8.80. The van der Waals surface area contributed by atoms with Crippen LogP contribution in [0.4, 0.5) is 18.9 Å². The van der Waals surface area contributed by atoms with E-state index in [-0.39, 0.29) is 23.6 Å². The molecule has 0 atom stereocenters. The Kier molecular flexibility index (Phi) is 10.2. The number of nitrogens with two attached hydrogens (primary N) is 2. The number of allylic oxidation sites excluding steroid dienone is 1. The number of benzene rings is 2. The average molecular weight is 548 g/mol. The molecule has 1 heterocycles. The number of hydrogen-bond donors (Lipinski definition) is 4. The Morgan fingerprint density at radius 3 is 2.49 bits per heavy atom. The molecule has 2 aromatic carbocycles. The van der Waals surface area contributed by atoms with Gasteiger partial charge in [-0.15, -0.1) is 0 Å². The normalized spacial score (nSPS) is 15.1. The van der Waals surface area contributed by atoms with Crippen molar-refractivity contribution in [2.45, 2.75) is 33.5 Å². The van der Waals surface area contributed by atoms with Gasteiger partial charge in [-0.2, -0.15) is 13.2 Å². The van der Waals surface area contributed by atoms with E-state index in [4.69, 9.17) is 20.9 Å². The van der Waals surface area contributed by atoms with Crippen molar-refractivity contribution in [3.05, 3.63) is 81.9 Å². The zero-order valence-electron chi connectivity index (χ0n) is 22.5. The summed E-state index contributed by atoms with van der Waals surface area (Å²) in [4.78, 5) is 15.0. The minimum absolute atomic E-state index is 0.0505. The smallest absolute Gasteiger partial charge is 0.416 e. The van der Waals surface area contributed by atoms with Crippen molar-refractivity contribution in [2.24, 2.45) is 11.5 Å². The molecule has 1 aliphatic heterocycles. The van der Waals surface area contributed by atoms with Gasteiger partial charge < -0.3 is 36.5 Å². The number of anilines is 1. The number of carbonyl (C=O) groups is 1. The molecule has 0 saturated carbocycles. The summed E-state index contributed by atoms with van der Waals surface area (Å²) in [5, 5.41) is 5.58. The molecule has 1 amide bonds. The van der Waals surface area contributed by atoms with Crippen molar-refractivity contribution >= 4 is 17.3 Å². The molecule has 0 radical (unpaired) electrons. The molecule has 0 spiro atoms. The van der Waals surface area contributed by atoms with Gasteiger partial charge in [0, 0.05) is 42.1 Å². The maximum absolute atomic E-state index is 13.7. The van der Waals surface area contributed by atoms with E-state index in [9.17, 15) is 18.0 Å². The van der Waals surface area contributed by atoms with E-state index in [0.29, 0.717) is 62.1 Å². The van der Waals surface area contributed by atoms with E-state index in [1.54, 1.807) is 31.2 Å². The minimum atomic E-state index is -4.59. The second kappa shape index (κ2) is 13.4. The van der Waals surface area contributed by atoms with E-state index < -0.39 is 17.6 Å². The van der Waals surface area contributed by atoms with Gasteiger partial charge in [0.15, 0.2) is 0 Å². The molecule has 1 saturated heterocycles. The standard InChI is InChI=1S/C28H36F3N5O3/c1-4-34-17-20-8-7-19(14-23(20)28(29,30)31)27(37)35-21-9-6-18(3)22(15-21)24(32)16-25(26(33)39-5-2)36-10-12-38-13-11-36/h6-9,14-16,34H,4-5,10-13,17,32-33H2,1-3H3,(H,35,37)/b24-16-,26-25-. The van der Waals surface area contributed by atoms with E-state index in [0.717, 1.165) is 11.6 Å². The Hall–Kier alpha value is -3.70. The molecule has 212 valence electrons. The lowest BCUT2D eigenvalue weighted by atomic mass is 10.0. The second-order valence-electron chi connectivity index (χ2n) is 9.02. The molecule has 0 aliphatic carbocycles. The Morgan fingerprint density at radius 2 is 1.85 bits per heavy atom. The minimum Gasteiger partial charge on any atom is -0.478 e. The zero-order valence-corrected chi connectivity index (χ0v) is 22.5. The van der Waals surface area contributed by atoms with Gasteiger partial charge in [-0.3, -0.25) is 4.79 Å². The Labute approximate surface area is 226 Å². The number of amides is 1. The van der Waals surface area contributed by atoms with Crippen LogP contribution in [0.3, 0.4) is 0 Å². The van der Waals surface area contributed by atoms with E-state index in [1.165, 1.54) is 12.1 Å². The van der Waals surface area contributed by atoms with Crippen LogP contribution in [0.5, 0.6) is 0 Å². The number of carbonyl (C=O) groups excluding carboxylic acids is 1. The molecule has 1 aliphatic rings. The lowest BCUT2D eigenvalue weighted by Gasteiger charge is -2.30. The highest BCUT2D eigenvalue weighted by molar-refractivity contribution is 6.04. The summed E-state index contributed by atoms with van der Waals surface area (Å²) in [6, 6.07) is 8.71. The highest BCUT2D eigenvalue weighted by atomic mass is 19.4. The van der Waals surface area contributed by atoms with Crippen LogP contribution < -0.4 is 22.1 Å². The third-order valence-corrected chi connectivity index (χ3v) is 6.25.